The number of nitrogens with zero attached hydrogens (tertiary/aromatic N) is 2. The summed E-state index contributed by atoms with van der Waals surface area (Å²) in [5.74, 6) is -1.81. The average Bonchev–Trinajstić information content (AvgIpc) is 2.35. The number of aliphatic hydroxyl groups excluding tert-OH is 1. The monoisotopic (exact) mass is 252 g/mol. The molecule has 0 aliphatic rings. The smallest absolute Gasteiger partial charge is 0.337 e. The third-order valence-corrected chi connectivity index (χ3v) is 2.19. The Hall–Kier alpha value is -2.66. The second-order valence-electron chi connectivity index (χ2n) is 3.22. The van der Waals surface area contributed by atoms with Crippen molar-refractivity contribution in [1.29, 1.82) is 5.26 Å². The lowest BCUT2D eigenvalue weighted by molar-refractivity contribution is -0.385. The van der Waals surface area contributed by atoms with Crippen LogP contribution in [0.15, 0.2) is 12.1 Å². The predicted octanol–water partition coefficient (Wildman–Crippen LogP) is 0.593. The van der Waals surface area contributed by atoms with Gasteiger partial charge >= 0.3 is 5.97 Å². The fourth-order valence-corrected chi connectivity index (χ4v) is 1.38. The van der Waals surface area contributed by atoms with E-state index in [1.54, 1.807) is 6.07 Å². The van der Waals surface area contributed by atoms with E-state index in [0.717, 1.165) is 19.2 Å². The Morgan fingerprint density at radius 2 is 2.22 bits per heavy atom. The SMILES string of the molecule is COc1cc([N+](=O)[O-])cc(C#N)c1C(O)C(=O)O. The molecule has 8 nitrogen and oxygen atoms in total. The summed E-state index contributed by atoms with van der Waals surface area (Å²) < 4.78 is 4.77. The maximum Gasteiger partial charge on any atom is 0.337 e. The molecule has 0 aromatic heterocycles. The predicted molar refractivity (Wildman–Crippen MR) is 57.0 cm³/mol. The molecule has 1 atom stereocenters. The standard InChI is InChI=1S/C10H8N2O6/c1-18-7-3-6(12(16)17)2-5(4-11)8(7)9(13)10(14)15/h2-3,9,13H,1H3,(H,14,15). The van der Waals surface area contributed by atoms with Crippen molar-refractivity contribution in [3.63, 3.8) is 0 Å². The number of nitro groups is 1. The van der Waals surface area contributed by atoms with Gasteiger partial charge in [0.1, 0.15) is 5.75 Å². The van der Waals surface area contributed by atoms with E-state index in [-0.39, 0.29) is 16.9 Å². The van der Waals surface area contributed by atoms with Gasteiger partial charge in [-0.1, -0.05) is 0 Å². The minimum atomic E-state index is -1.99. The van der Waals surface area contributed by atoms with Crippen LogP contribution in [0.1, 0.15) is 17.2 Å². The molecule has 18 heavy (non-hydrogen) atoms. The molecule has 0 heterocycles. The van der Waals surface area contributed by atoms with Crippen LogP contribution in [0.5, 0.6) is 5.75 Å². The zero-order chi connectivity index (χ0) is 13.9. The molecule has 1 unspecified atom stereocenters. The number of rotatable bonds is 4. The number of ether oxygens (including phenoxy) is 1. The van der Waals surface area contributed by atoms with Crippen molar-refractivity contribution in [3.8, 4) is 11.8 Å². The second-order valence-corrected chi connectivity index (χ2v) is 3.22. The van der Waals surface area contributed by atoms with Gasteiger partial charge in [0.25, 0.3) is 5.69 Å². The number of non-ortho nitro benzene ring substituents is 1. The molecule has 1 aromatic carbocycles. The van der Waals surface area contributed by atoms with Crippen molar-refractivity contribution in [2.75, 3.05) is 7.11 Å². The van der Waals surface area contributed by atoms with Gasteiger partial charge < -0.3 is 14.9 Å². The van der Waals surface area contributed by atoms with E-state index in [9.17, 15) is 20.0 Å². The van der Waals surface area contributed by atoms with E-state index in [1.807, 2.05) is 0 Å². The fourth-order valence-electron chi connectivity index (χ4n) is 1.38. The highest BCUT2D eigenvalue weighted by Crippen LogP contribution is 2.33. The molecule has 0 radical (unpaired) electrons. The van der Waals surface area contributed by atoms with E-state index in [1.165, 1.54) is 0 Å². The van der Waals surface area contributed by atoms with E-state index in [2.05, 4.69) is 0 Å². The third-order valence-electron chi connectivity index (χ3n) is 2.19. The Bertz CT molecular complexity index is 548. The van der Waals surface area contributed by atoms with Gasteiger partial charge in [-0.2, -0.15) is 5.26 Å². The minimum Gasteiger partial charge on any atom is -0.496 e. The number of methoxy groups -OCH3 is 1. The number of nitro benzene ring substituents is 1. The summed E-state index contributed by atoms with van der Waals surface area (Å²) in [5.41, 5.74) is -1.06. The number of nitriles is 1. The minimum absolute atomic E-state index is 0.226. The molecule has 0 aliphatic heterocycles. The van der Waals surface area contributed by atoms with E-state index >= 15 is 0 Å². The van der Waals surface area contributed by atoms with Gasteiger partial charge in [-0.15, -0.1) is 0 Å². The van der Waals surface area contributed by atoms with Gasteiger partial charge in [-0.05, 0) is 0 Å². The first-order chi connectivity index (χ1) is 8.42. The van der Waals surface area contributed by atoms with Gasteiger partial charge in [0, 0.05) is 6.07 Å². The number of benzene rings is 1. The van der Waals surface area contributed by atoms with Crippen LogP contribution in [-0.2, 0) is 4.79 Å². The van der Waals surface area contributed by atoms with Crippen LogP contribution in [0.3, 0.4) is 0 Å². The summed E-state index contributed by atoms with van der Waals surface area (Å²) in [5, 5.41) is 37.6. The van der Waals surface area contributed by atoms with E-state index < -0.39 is 22.7 Å². The Morgan fingerprint density at radius 3 is 2.61 bits per heavy atom. The Balaban J connectivity index is 3.55. The molecule has 8 heteroatoms. The number of hydrogen-bond donors (Lipinski definition) is 2. The van der Waals surface area contributed by atoms with Crippen molar-refractivity contribution >= 4 is 11.7 Å². The fraction of sp³-hybridized carbons (Fsp3) is 0.200. The van der Waals surface area contributed by atoms with Crippen LogP contribution in [-0.4, -0.2) is 28.2 Å². The summed E-state index contributed by atoms with van der Waals surface area (Å²) in [6, 6.07) is 3.42. The maximum absolute atomic E-state index is 10.7. The summed E-state index contributed by atoms with van der Waals surface area (Å²) in [4.78, 5) is 20.6. The molecule has 0 saturated heterocycles. The molecule has 1 aromatic rings. The normalized spacial score (nSPS) is 11.4. The number of carboxylic acid groups (broad SMARTS) is 1. The van der Waals surface area contributed by atoms with Crippen LogP contribution in [0.4, 0.5) is 5.69 Å². The van der Waals surface area contributed by atoms with Crippen LogP contribution in [0, 0.1) is 21.4 Å². The van der Waals surface area contributed by atoms with Crippen molar-refractivity contribution in [2.24, 2.45) is 0 Å². The van der Waals surface area contributed by atoms with Crippen LogP contribution in [0.2, 0.25) is 0 Å². The van der Waals surface area contributed by atoms with Crippen molar-refractivity contribution in [2.45, 2.75) is 6.10 Å². The number of hydrogen-bond acceptors (Lipinski definition) is 6. The lowest BCUT2D eigenvalue weighted by Gasteiger charge is -2.12. The largest absolute Gasteiger partial charge is 0.496 e. The average molecular weight is 252 g/mol. The highest BCUT2D eigenvalue weighted by Gasteiger charge is 2.27. The number of carbonyl (C=O) groups is 1. The Kier molecular flexibility index (Phi) is 3.81. The van der Waals surface area contributed by atoms with Crippen LogP contribution < -0.4 is 4.74 Å². The Labute approximate surface area is 101 Å². The first-order valence-electron chi connectivity index (χ1n) is 4.59. The van der Waals surface area contributed by atoms with Crippen molar-refractivity contribution in [1.82, 2.24) is 0 Å². The van der Waals surface area contributed by atoms with Crippen LogP contribution in [0.25, 0.3) is 0 Å². The molecule has 0 amide bonds. The number of aliphatic carboxylic acids is 1. The van der Waals surface area contributed by atoms with Gasteiger partial charge in [0.15, 0.2) is 6.10 Å². The maximum atomic E-state index is 10.7. The molecule has 0 aliphatic carbocycles. The molecular weight excluding hydrogens is 244 g/mol. The van der Waals surface area contributed by atoms with Crippen molar-refractivity contribution < 1.29 is 24.7 Å². The molecular formula is C10H8N2O6. The third kappa shape index (κ3) is 2.36. The van der Waals surface area contributed by atoms with Gasteiger partial charge in [-0.3, -0.25) is 10.1 Å². The topological polar surface area (TPSA) is 134 Å². The molecule has 0 spiro atoms. The zero-order valence-corrected chi connectivity index (χ0v) is 9.15. The quantitative estimate of drug-likeness (QED) is 0.591. The lowest BCUT2D eigenvalue weighted by atomic mass is 10.0. The van der Waals surface area contributed by atoms with Gasteiger partial charge in [-0.25, -0.2) is 4.79 Å². The highest BCUT2D eigenvalue weighted by molar-refractivity contribution is 5.77. The zero-order valence-electron chi connectivity index (χ0n) is 9.15. The summed E-state index contributed by atoms with van der Waals surface area (Å²) in [6.45, 7) is 0. The lowest BCUT2D eigenvalue weighted by Crippen LogP contribution is -2.13. The first-order valence-corrected chi connectivity index (χ1v) is 4.59. The van der Waals surface area contributed by atoms with E-state index in [0.29, 0.717) is 0 Å². The molecule has 94 valence electrons. The summed E-state index contributed by atoms with van der Waals surface area (Å²) in [7, 11) is 1.15. The van der Waals surface area contributed by atoms with Gasteiger partial charge in [0.05, 0.1) is 35.3 Å². The van der Waals surface area contributed by atoms with E-state index in [4.69, 9.17) is 15.1 Å². The summed E-state index contributed by atoms with van der Waals surface area (Å²) in [6.07, 6.45) is -1.99. The molecule has 0 fully saturated rings. The molecule has 1 rings (SSSR count). The second kappa shape index (κ2) is 5.11. The van der Waals surface area contributed by atoms with Gasteiger partial charge in [0.2, 0.25) is 0 Å². The number of carboxylic acids is 1. The summed E-state index contributed by atoms with van der Waals surface area (Å²) >= 11 is 0. The molecule has 0 saturated carbocycles. The Morgan fingerprint density at radius 1 is 1.61 bits per heavy atom. The van der Waals surface area contributed by atoms with Crippen molar-refractivity contribution in [3.05, 3.63) is 33.4 Å². The molecule has 2 N–H and O–H groups in total. The highest BCUT2D eigenvalue weighted by atomic mass is 16.6. The van der Waals surface area contributed by atoms with Crippen LogP contribution >= 0.6 is 0 Å². The molecule has 0 bridgehead atoms. The number of aliphatic hydroxyl groups is 1. The first kappa shape index (κ1) is 13.4.